The van der Waals surface area contributed by atoms with Crippen LogP contribution in [0.5, 0.6) is 0 Å². The predicted molar refractivity (Wildman–Crippen MR) is 71.5 cm³/mol. The number of rotatable bonds is 3. The molecule has 0 amide bonds. The monoisotopic (exact) mass is 301 g/mol. The Labute approximate surface area is 114 Å². The highest BCUT2D eigenvalue weighted by Gasteiger charge is 2.29. The summed E-state index contributed by atoms with van der Waals surface area (Å²) in [7, 11) is -3.45. The highest BCUT2D eigenvalue weighted by atomic mass is 35.5. The number of H-pyrrole nitrogens is 1. The number of halogens is 1. The van der Waals surface area contributed by atoms with Gasteiger partial charge in [-0.25, -0.2) is 13.4 Å². The third-order valence-corrected chi connectivity index (χ3v) is 5.31. The fraction of sp³-hybridized carbons (Fsp3) is 0.500. The second-order valence-electron chi connectivity index (χ2n) is 4.49. The van der Waals surface area contributed by atoms with Crippen LogP contribution in [0.2, 0.25) is 5.15 Å². The van der Waals surface area contributed by atoms with Crippen molar-refractivity contribution in [2.75, 3.05) is 4.72 Å². The number of hydrogen-bond acceptors (Lipinski definition) is 5. The number of aromatic nitrogens is 4. The molecule has 2 aromatic heterocycles. The second kappa shape index (κ2) is 4.61. The number of anilines is 1. The molecule has 1 fully saturated rings. The van der Waals surface area contributed by atoms with Crippen molar-refractivity contribution in [3.8, 4) is 0 Å². The lowest BCUT2D eigenvalue weighted by Gasteiger charge is -2.11. The molecule has 0 aliphatic heterocycles. The van der Waals surface area contributed by atoms with Crippen LogP contribution in [0.1, 0.15) is 25.7 Å². The minimum Gasteiger partial charge on any atom is -0.341 e. The first-order valence-electron chi connectivity index (χ1n) is 5.94. The van der Waals surface area contributed by atoms with Crippen molar-refractivity contribution in [1.29, 1.82) is 0 Å². The Balaban J connectivity index is 1.92. The molecular formula is C10H12ClN5O2S. The number of hydrogen-bond donors (Lipinski definition) is 2. The third kappa shape index (κ3) is 2.37. The Kier molecular flexibility index (Phi) is 3.06. The Morgan fingerprint density at radius 2 is 2.05 bits per heavy atom. The van der Waals surface area contributed by atoms with Crippen LogP contribution in [0.25, 0.3) is 11.2 Å². The molecule has 3 rings (SSSR count). The van der Waals surface area contributed by atoms with E-state index < -0.39 is 10.0 Å². The molecule has 19 heavy (non-hydrogen) atoms. The SMILES string of the molecule is O=S(=O)(Nc1nc(Cl)c2[nH]cnc2n1)C1CCCC1. The van der Waals surface area contributed by atoms with E-state index in [1.807, 2.05) is 0 Å². The summed E-state index contributed by atoms with van der Waals surface area (Å²) in [6, 6.07) is 0. The summed E-state index contributed by atoms with van der Waals surface area (Å²) in [5.74, 6) is -0.0310. The Hall–Kier alpha value is -1.41. The summed E-state index contributed by atoms with van der Waals surface area (Å²) in [4.78, 5) is 14.7. The van der Waals surface area contributed by atoms with Crippen molar-refractivity contribution >= 4 is 38.7 Å². The Bertz CT molecular complexity index is 708. The molecule has 7 nitrogen and oxygen atoms in total. The third-order valence-electron chi connectivity index (χ3n) is 3.22. The molecule has 0 spiro atoms. The number of nitrogens with zero attached hydrogens (tertiary/aromatic N) is 3. The lowest BCUT2D eigenvalue weighted by atomic mass is 10.4. The molecule has 0 bridgehead atoms. The molecule has 0 radical (unpaired) electrons. The van der Waals surface area contributed by atoms with Crippen LogP contribution in [0.3, 0.4) is 0 Å². The van der Waals surface area contributed by atoms with Gasteiger partial charge < -0.3 is 4.98 Å². The summed E-state index contributed by atoms with van der Waals surface area (Å²) < 4.78 is 26.6. The van der Waals surface area contributed by atoms with Gasteiger partial charge in [-0.1, -0.05) is 24.4 Å². The molecule has 9 heteroatoms. The lowest BCUT2D eigenvalue weighted by Crippen LogP contribution is -2.26. The standard InChI is InChI=1S/C10H12ClN5O2S/c11-8-7-9(13-5-12-7)15-10(14-8)16-19(17,18)6-3-1-2-4-6/h5-6H,1-4H2,(H2,12,13,14,15,16). The van der Waals surface area contributed by atoms with E-state index in [4.69, 9.17) is 11.6 Å². The van der Waals surface area contributed by atoms with Crippen molar-refractivity contribution in [2.24, 2.45) is 0 Å². The van der Waals surface area contributed by atoms with Gasteiger partial charge in [-0.3, -0.25) is 4.72 Å². The van der Waals surface area contributed by atoms with E-state index in [9.17, 15) is 8.42 Å². The first-order chi connectivity index (χ1) is 9.06. The van der Waals surface area contributed by atoms with Crippen LogP contribution in [0.15, 0.2) is 6.33 Å². The first kappa shape index (κ1) is 12.6. The molecule has 1 saturated carbocycles. The van der Waals surface area contributed by atoms with E-state index in [1.54, 1.807) is 0 Å². The topological polar surface area (TPSA) is 101 Å². The molecule has 0 unspecified atom stereocenters. The van der Waals surface area contributed by atoms with E-state index in [0.717, 1.165) is 12.8 Å². The zero-order valence-electron chi connectivity index (χ0n) is 9.93. The van der Waals surface area contributed by atoms with Crippen LogP contribution in [-0.4, -0.2) is 33.6 Å². The van der Waals surface area contributed by atoms with Crippen molar-refractivity contribution in [3.63, 3.8) is 0 Å². The smallest absolute Gasteiger partial charge is 0.240 e. The number of imidazole rings is 1. The summed E-state index contributed by atoms with van der Waals surface area (Å²) in [5.41, 5.74) is 0.828. The van der Waals surface area contributed by atoms with Gasteiger partial charge in [-0.05, 0) is 12.8 Å². The van der Waals surface area contributed by atoms with Gasteiger partial charge in [0.15, 0.2) is 10.8 Å². The number of aromatic amines is 1. The largest absolute Gasteiger partial charge is 0.341 e. The molecule has 102 valence electrons. The molecule has 2 heterocycles. The molecule has 2 aromatic rings. The maximum atomic E-state index is 12.1. The lowest BCUT2D eigenvalue weighted by molar-refractivity contribution is 0.585. The highest BCUT2D eigenvalue weighted by molar-refractivity contribution is 7.93. The molecule has 1 aliphatic rings. The molecule has 0 saturated heterocycles. The van der Waals surface area contributed by atoms with Gasteiger partial charge >= 0.3 is 0 Å². The normalized spacial score (nSPS) is 17.1. The fourth-order valence-electron chi connectivity index (χ4n) is 2.25. The van der Waals surface area contributed by atoms with Crippen LogP contribution in [-0.2, 0) is 10.0 Å². The van der Waals surface area contributed by atoms with Gasteiger partial charge in [0.25, 0.3) is 0 Å². The molecule has 2 N–H and O–H groups in total. The summed E-state index contributed by atoms with van der Waals surface area (Å²) in [6.07, 6.45) is 4.65. The first-order valence-corrected chi connectivity index (χ1v) is 7.87. The van der Waals surface area contributed by atoms with Gasteiger partial charge in [-0.15, -0.1) is 0 Å². The van der Waals surface area contributed by atoms with Crippen LogP contribution >= 0.6 is 11.6 Å². The van der Waals surface area contributed by atoms with Crippen LogP contribution in [0.4, 0.5) is 5.95 Å². The molecular weight excluding hydrogens is 290 g/mol. The zero-order valence-corrected chi connectivity index (χ0v) is 11.5. The quantitative estimate of drug-likeness (QED) is 0.840. The molecule has 0 atom stereocenters. The maximum absolute atomic E-state index is 12.1. The van der Waals surface area contributed by atoms with Crippen molar-refractivity contribution in [3.05, 3.63) is 11.5 Å². The predicted octanol–water partition coefficient (Wildman–Crippen LogP) is 1.69. The number of nitrogens with one attached hydrogen (secondary N) is 2. The van der Waals surface area contributed by atoms with Crippen LogP contribution < -0.4 is 4.72 Å². The number of fused-ring (bicyclic) bond motifs is 1. The minimum absolute atomic E-state index is 0.0310. The average Bonchev–Trinajstić information content (AvgIpc) is 2.99. The average molecular weight is 302 g/mol. The van der Waals surface area contributed by atoms with Gasteiger partial charge in [0.2, 0.25) is 16.0 Å². The van der Waals surface area contributed by atoms with E-state index in [2.05, 4.69) is 24.7 Å². The van der Waals surface area contributed by atoms with E-state index >= 15 is 0 Å². The fourth-order valence-corrected chi connectivity index (χ4v) is 3.94. The van der Waals surface area contributed by atoms with Crippen molar-refractivity contribution in [2.45, 2.75) is 30.9 Å². The summed E-state index contributed by atoms with van der Waals surface area (Å²) in [5, 5.41) is -0.226. The molecule has 1 aliphatic carbocycles. The zero-order chi connectivity index (χ0) is 13.5. The van der Waals surface area contributed by atoms with Gasteiger partial charge in [0.05, 0.1) is 11.6 Å². The van der Waals surface area contributed by atoms with E-state index in [0.29, 0.717) is 24.0 Å². The highest BCUT2D eigenvalue weighted by Crippen LogP contribution is 2.26. The van der Waals surface area contributed by atoms with Gasteiger partial charge in [0, 0.05) is 0 Å². The van der Waals surface area contributed by atoms with Gasteiger partial charge in [0.1, 0.15) is 5.52 Å². The van der Waals surface area contributed by atoms with E-state index in [1.165, 1.54) is 6.33 Å². The maximum Gasteiger partial charge on any atom is 0.240 e. The van der Waals surface area contributed by atoms with Crippen molar-refractivity contribution < 1.29 is 8.42 Å². The van der Waals surface area contributed by atoms with Crippen molar-refractivity contribution in [1.82, 2.24) is 19.9 Å². The van der Waals surface area contributed by atoms with E-state index in [-0.39, 0.29) is 16.4 Å². The Morgan fingerprint density at radius 1 is 1.32 bits per heavy atom. The summed E-state index contributed by atoms with van der Waals surface area (Å²) in [6.45, 7) is 0. The summed E-state index contributed by atoms with van der Waals surface area (Å²) >= 11 is 5.93. The number of sulfonamides is 1. The minimum atomic E-state index is -3.45. The van der Waals surface area contributed by atoms with Crippen LogP contribution in [0, 0.1) is 0 Å². The Morgan fingerprint density at radius 3 is 2.79 bits per heavy atom. The second-order valence-corrected chi connectivity index (χ2v) is 6.81. The van der Waals surface area contributed by atoms with Gasteiger partial charge in [-0.2, -0.15) is 9.97 Å². The molecule has 0 aromatic carbocycles.